The highest BCUT2D eigenvalue weighted by atomic mass is 16.5. The summed E-state index contributed by atoms with van der Waals surface area (Å²) in [5.74, 6) is -0.107. The number of unbranched alkanes of at least 4 members (excludes halogenated alkanes) is 29. The van der Waals surface area contributed by atoms with E-state index < -0.39 is 12.1 Å². The summed E-state index contributed by atoms with van der Waals surface area (Å²) in [4.78, 5) is 24.4. The Labute approximate surface area is 366 Å². The standard InChI is InChI=1S/C53H97NO5/c1-3-5-7-9-11-13-15-16-17-18-21-24-27-31-35-39-43-47-53(58)59-48-44-40-36-32-28-25-22-19-20-23-26-30-34-38-42-46-52(57)54-50(49-55)51(56)45-41-37-33-29-14-12-10-8-6-4-2/h11,13,16-17,22,25,41,45,50-51,55-56H,3-10,12,14-15,18-21,23-24,26-40,42-44,46-49H2,1-2H3,(H,54,57)/b13-11-,17-16-,25-22-,45-41+. The molecule has 6 heteroatoms. The van der Waals surface area contributed by atoms with Crippen LogP contribution in [0.2, 0.25) is 0 Å². The molecule has 344 valence electrons. The number of amides is 1. The summed E-state index contributed by atoms with van der Waals surface area (Å²) in [6, 6.07) is -0.638. The number of carbonyl (C=O) groups excluding carboxylic acids is 2. The summed E-state index contributed by atoms with van der Waals surface area (Å²) < 4.78 is 5.45. The van der Waals surface area contributed by atoms with E-state index in [1.54, 1.807) is 6.08 Å². The van der Waals surface area contributed by atoms with Crippen molar-refractivity contribution in [3.8, 4) is 0 Å². The molecule has 0 radical (unpaired) electrons. The smallest absolute Gasteiger partial charge is 0.305 e. The minimum absolute atomic E-state index is 0.0202. The molecule has 0 fully saturated rings. The molecule has 0 aliphatic heterocycles. The van der Waals surface area contributed by atoms with Gasteiger partial charge in [-0.3, -0.25) is 9.59 Å². The second-order valence-corrected chi connectivity index (χ2v) is 17.1. The first-order valence-corrected chi connectivity index (χ1v) is 25.4. The fourth-order valence-corrected chi connectivity index (χ4v) is 7.36. The molecule has 0 aromatic heterocycles. The molecular weight excluding hydrogens is 731 g/mol. The predicted octanol–water partition coefficient (Wildman–Crippen LogP) is 15.1. The van der Waals surface area contributed by atoms with Gasteiger partial charge in [0.25, 0.3) is 0 Å². The van der Waals surface area contributed by atoms with Gasteiger partial charge >= 0.3 is 5.97 Å². The molecule has 2 unspecified atom stereocenters. The molecule has 3 N–H and O–H groups in total. The van der Waals surface area contributed by atoms with E-state index in [-0.39, 0.29) is 18.5 Å². The molecule has 0 aliphatic carbocycles. The lowest BCUT2D eigenvalue weighted by atomic mass is 10.1. The maximum Gasteiger partial charge on any atom is 0.305 e. The van der Waals surface area contributed by atoms with Crippen molar-refractivity contribution in [1.82, 2.24) is 5.32 Å². The van der Waals surface area contributed by atoms with E-state index in [9.17, 15) is 19.8 Å². The number of ether oxygens (including phenoxy) is 1. The van der Waals surface area contributed by atoms with Crippen molar-refractivity contribution in [2.24, 2.45) is 0 Å². The lowest BCUT2D eigenvalue weighted by molar-refractivity contribution is -0.143. The van der Waals surface area contributed by atoms with Crippen molar-refractivity contribution in [3.63, 3.8) is 0 Å². The van der Waals surface area contributed by atoms with E-state index in [0.717, 1.165) is 77.0 Å². The topological polar surface area (TPSA) is 95.9 Å². The van der Waals surface area contributed by atoms with Crippen molar-refractivity contribution in [2.45, 2.75) is 264 Å². The summed E-state index contributed by atoms with van der Waals surface area (Å²) in [5, 5.41) is 22.9. The van der Waals surface area contributed by atoms with Gasteiger partial charge in [0.15, 0.2) is 0 Å². The van der Waals surface area contributed by atoms with Crippen molar-refractivity contribution in [2.75, 3.05) is 13.2 Å². The molecule has 0 aromatic rings. The van der Waals surface area contributed by atoms with Crippen molar-refractivity contribution >= 4 is 11.9 Å². The molecule has 59 heavy (non-hydrogen) atoms. The maximum absolute atomic E-state index is 12.4. The Morgan fingerprint density at radius 1 is 0.475 bits per heavy atom. The maximum atomic E-state index is 12.4. The number of hydrogen-bond acceptors (Lipinski definition) is 5. The van der Waals surface area contributed by atoms with Gasteiger partial charge in [0.05, 0.1) is 25.4 Å². The zero-order chi connectivity index (χ0) is 43.0. The van der Waals surface area contributed by atoms with Gasteiger partial charge in [-0.2, -0.15) is 0 Å². The molecule has 0 aliphatic rings. The van der Waals surface area contributed by atoms with Gasteiger partial charge in [-0.05, 0) is 89.9 Å². The molecule has 0 heterocycles. The number of aliphatic hydroxyl groups excluding tert-OH is 2. The minimum Gasteiger partial charge on any atom is -0.466 e. The zero-order valence-corrected chi connectivity index (χ0v) is 39.0. The lowest BCUT2D eigenvalue weighted by Gasteiger charge is -2.20. The quantitative estimate of drug-likeness (QED) is 0.0323. The Hall–Kier alpha value is -2.18. The van der Waals surface area contributed by atoms with Crippen LogP contribution in [-0.2, 0) is 14.3 Å². The number of nitrogens with one attached hydrogen (secondary N) is 1. The van der Waals surface area contributed by atoms with Crippen molar-refractivity contribution < 1.29 is 24.5 Å². The first-order chi connectivity index (χ1) is 29.0. The van der Waals surface area contributed by atoms with E-state index >= 15 is 0 Å². The average molecular weight is 828 g/mol. The van der Waals surface area contributed by atoms with Crippen LogP contribution in [0.25, 0.3) is 0 Å². The summed E-state index contributed by atoms with van der Waals surface area (Å²) in [6.07, 6.45) is 59.7. The number of carbonyl (C=O) groups is 2. The molecule has 1 amide bonds. The van der Waals surface area contributed by atoms with Crippen LogP contribution in [0.5, 0.6) is 0 Å². The van der Waals surface area contributed by atoms with Crippen LogP contribution in [0.3, 0.4) is 0 Å². The third-order valence-corrected chi connectivity index (χ3v) is 11.3. The van der Waals surface area contributed by atoms with Gasteiger partial charge in [-0.1, -0.05) is 197 Å². The van der Waals surface area contributed by atoms with Crippen LogP contribution < -0.4 is 5.32 Å². The van der Waals surface area contributed by atoms with Gasteiger partial charge < -0.3 is 20.3 Å². The third kappa shape index (κ3) is 45.2. The lowest BCUT2D eigenvalue weighted by Crippen LogP contribution is -2.45. The number of rotatable bonds is 46. The highest BCUT2D eigenvalue weighted by Crippen LogP contribution is 2.14. The summed E-state index contributed by atoms with van der Waals surface area (Å²) >= 11 is 0. The van der Waals surface area contributed by atoms with Gasteiger partial charge in [0.2, 0.25) is 5.91 Å². The summed E-state index contributed by atoms with van der Waals surface area (Å²) in [7, 11) is 0. The van der Waals surface area contributed by atoms with Crippen LogP contribution in [0.1, 0.15) is 251 Å². The molecule has 6 nitrogen and oxygen atoms in total. The molecule has 0 spiro atoms. The summed E-state index contributed by atoms with van der Waals surface area (Å²) in [5.41, 5.74) is 0. The number of allylic oxidation sites excluding steroid dienone is 7. The summed E-state index contributed by atoms with van der Waals surface area (Å²) in [6.45, 7) is 4.80. The first-order valence-electron chi connectivity index (χ1n) is 25.4. The molecule has 0 rings (SSSR count). The monoisotopic (exact) mass is 828 g/mol. The average Bonchev–Trinajstić information content (AvgIpc) is 3.24. The van der Waals surface area contributed by atoms with E-state index in [4.69, 9.17) is 4.74 Å². The van der Waals surface area contributed by atoms with Gasteiger partial charge in [-0.25, -0.2) is 0 Å². The van der Waals surface area contributed by atoms with Gasteiger partial charge in [0.1, 0.15) is 0 Å². The van der Waals surface area contributed by atoms with Crippen LogP contribution in [0.15, 0.2) is 48.6 Å². The van der Waals surface area contributed by atoms with E-state index in [1.807, 2.05) is 6.08 Å². The van der Waals surface area contributed by atoms with Crippen molar-refractivity contribution in [3.05, 3.63) is 48.6 Å². The molecule has 2 atom stereocenters. The fraction of sp³-hybridized carbons (Fsp3) is 0.811. The molecule has 0 aromatic carbocycles. The highest BCUT2D eigenvalue weighted by molar-refractivity contribution is 5.76. The number of aliphatic hydroxyl groups is 2. The number of esters is 1. The molecule has 0 saturated carbocycles. The van der Waals surface area contributed by atoms with Gasteiger partial charge in [0, 0.05) is 12.8 Å². The Kier molecular flexibility index (Phi) is 46.7. The third-order valence-electron chi connectivity index (χ3n) is 11.3. The Morgan fingerprint density at radius 3 is 1.34 bits per heavy atom. The van der Waals surface area contributed by atoms with Crippen molar-refractivity contribution in [1.29, 1.82) is 0 Å². The van der Waals surface area contributed by atoms with Crippen LogP contribution in [0, 0.1) is 0 Å². The van der Waals surface area contributed by atoms with E-state index in [2.05, 4.69) is 55.6 Å². The predicted molar refractivity (Wildman–Crippen MR) is 255 cm³/mol. The van der Waals surface area contributed by atoms with E-state index in [0.29, 0.717) is 19.4 Å². The molecule has 0 saturated heterocycles. The SMILES string of the molecule is CCCCC/C=C\C/C=C\CCCCCCCCCC(=O)OCCCCCC/C=C\CCCCCCCCCC(=O)NC(CO)C(O)/C=C/CCCCCCCCCC. The molecular formula is C53H97NO5. The largest absolute Gasteiger partial charge is 0.466 e. The van der Waals surface area contributed by atoms with Crippen LogP contribution in [0.4, 0.5) is 0 Å². The Morgan fingerprint density at radius 2 is 0.847 bits per heavy atom. The Balaban J connectivity index is 3.49. The van der Waals surface area contributed by atoms with Crippen LogP contribution in [-0.4, -0.2) is 47.4 Å². The first kappa shape index (κ1) is 56.8. The fourth-order valence-electron chi connectivity index (χ4n) is 7.36. The second-order valence-electron chi connectivity index (χ2n) is 17.1. The van der Waals surface area contributed by atoms with Crippen LogP contribution >= 0.6 is 0 Å². The number of hydrogen-bond donors (Lipinski definition) is 3. The normalized spacial score (nSPS) is 13.1. The molecule has 0 bridgehead atoms. The Bertz CT molecular complexity index is 1000. The zero-order valence-electron chi connectivity index (χ0n) is 39.0. The van der Waals surface area contributed by atoms with Gasteiger partial charge in [-0.15, -0.1) is 0 Å². The minimum atomic E-state index is -0.853. The highest BCUT2D eigenvalue weighted by Gasteiger charge is 2.18. The van der Waals surface area contributed by atoms with E-state index in [1.165, 1.54) is 148 Å². The second kappa shape index (κ2) is 48.5.